The summed E-state index contributed by atoms with van der Waals surface area (Å²) >= 11 is 0. The summed E-state index contributed by atoms with van der Waals surface area (Å²) in [6.45, 7) is -0.438. The van der Waals surface area contributed by atoms with Gasteiger partial charge in [0.05, 0.1) is 36.3 Å². The summed E-state index contributed by atoms with van der Waals surface area (Å²) in [5, 5.41) is 19.5. The molecule has 0 radical (unpaired) electrons. The van der Waals surface area contributed by atoms with Crippen molar-refractivity contribution in [2.24, 2.45) is 0 Å². The van der Waals surface area contributed by atoms with Crippen molar-refractivity contribution >= 4 is 10.8 Å². The lowest BCUT2D eigenvalue weighted by atomic mass is 9.95. The minimum absolute atomic E-state index is 0.00618. The number of hydrogen-bond acceptors (Lipinski definition) is 4. The van der Waals surface area contributed by atoms with E-state index in [1.165, 1.54) is 30.0 Å². The monoisotopic (exact) mass is 468 g/mol. The summed E-state index contributed by atoms with van der Waals surface area (Å²) < 4.78 is 60.0. The first-order valence-corrected chi connectivity index (χ1v) is 9.92. The van der Waals surface area contributed by atoms with Crippen molar-refractivity contribution in [2.45, 2.75) is 12.8 Å². The second-order valence-electron chi connectivity index (χ2n) is 7.44. The van der Waals surface area contributed by atoms with E-state index >= 15 is 0 Å². The summed E-state index contributed by atoms with van der Waals surface area (Å²) in [6.07, 6.45) is -3.50. The van der Waals surface area contributed by atoms with Crippen molar-refractivity contribution in [1.29, 1.82) is 5.26 Å². The van der Waals surface area contributed by atoms with Gasteiger partial charge in [0, 0.05) is 17.4 Å². The van der Waals surface area contributed by atoms with Crippen LogP contribution >= 0.6 is 0 Å². The van der Waals surface area contributed by atoms with E-state index in [4.69, 9.17) is 4.74 Å². The molecule has 3 aromatic carbocycles. The highest BCUT2D eigenvalue weighted by atomic mass is 19.4. The van der Waals surface area contributed by atoms with Crippen LogP contribution < -0.4 is 10.3 Å². The lowest BCUT2D eigenvalue weighted by Gasteiger charge is -2.16. The van der Waals surface area contributed by atoms with E-state index < -0.39 is 29.7 Å². The van der Waals surface area contributed by atoms with E-state index in [1.54, 1.807) is 24.3 Å². The molecule has 1 aromatic heterocycles. The van der Waals surface area contributed by atoms with Crippen LogP contribution in [0, 0.1) is 17.1 Å². The molecule has 4 aromatic rings. The SMILES string of the molecule is COc1ccc(-n2cc(-c3ccc(C(F)(F)F)c(F)c3)c3cc(CO)cc(C#N)c3c2=O)cc1. The van der Waals surface area contributed by atoms with Crippen LogP contribution in [0.1, 0.15) is 16.7 Å². The van der Waals surface area contributed by atoms with Crippen molar-refractivity contribution in [3.8, 4) is 28.6 Å². The predicted molar refractivity (Wildman–Crippen MR) is 117 cm³/mol. The molecule has 0 saturated heterocycles. The maximum absolute atomic E-state index is 14.4. The molecule has 5 nitrogen and oxygen atoms in total. The van der Waals surface area contributed by atoms with Crippen LogP contribution in [-0.4, -0.2) is 16.8 Å². The summed E-state index contributed by atoms with van der Waals surface area (Å²) in [5.74, 6) is -0.938. The number of aliphatic hydroxyl groups excluding tert-OH is 1. The predicted octanol–water partition coefficient (Wildman–Crippen LogP) is 5.19. The highest BCUT2D eigenvalue weighted by molar-refractivity contribution is 5.99. The molecule has 0 fully saturated rings. The van der Waals surface area contributed by atoms with Gasteiger partial charge in [0.2, 0.25) is 0 Å². The Morgan fingerprint density at radius 1 is 1.09 bits per heavy atom. The highest BCUT2D eigenvalue weighted by Gasteiger charge is 2.34. The van der Waals surface area contributed by atoms with Gasteiger partial charge in [-0.1, -0.05) is 6.07 Å². The average molecular weight is 468 g/mol. The zero-order valence-corrected chi connectivity index (χ0v) is 17.7. The van der Waals surface area contributed by atoms with Crippen molar-refractivity contribution in [1.82, 2.24) is 4.57 Å². The third-order valence-electron chi connectivity index (χ3n) is 5.42. The van der Waals surface area contributed by atoms with Gasteiger partial charge in [0.15, 0.2) is 0 Å². The number of aliphatic hydroxyl groups is 1. The molecule has 0 aliphatic heterocycles. The molecule has 34 heavy (non-hydrogen) atoms. The Balaban J connectivity index is 2.09. The van der Waals surface area contributed by atoms with Crippen LogP contribution in [0.15, 0.2) is 65.6 Å². The summed E-state index contributed by atoms with van der Waals surface area (Å²) in [6, 6.07) is 13.6. The van der Waals surface area contributed by atoms with Crippen LogP contribution in [-0.2, 0) is 12.8 Å². The average Bonchev–Trinajstić information content (AvgIpc) is 2.82. The van der Waals surface area contributed by atoms with Gasteiger partial charge < -0.3 is 9.84 Å². The number of hydrogen-bond donors (Lipinski definition) is 1. The first-order chi connectivity index (χ1) is 16.2. The fourth-order valence-electron chi connectivity index (χ4n) is 3.78. The third-order valence-corrected chi connectivity index (χ3v) is 5.42. The Kier molecular flexibility index (Phi) is 5.85. The number of pyridine rings is 1. The van der Waals surface area contributed by atoms with Crippen molar-refractivity contribution in [3.05, 3.63) is 93.7 Å². The first kappa shape index (κ1) is 23.0. The van der Waals surface area contributed by atoms with Gasteiger partial charge in [0.25, 0.3) is 5.56 Å². The van der Waals surface area contributed by atoms with Gasteiger partial charge in [-0.15, -0.1) is 0 Å². The van der Waals surface area contributed by atoms with Gasteiger partial charge in [-0.25, -0.2) is 4.39 Å². The quantitative estimate of drug-likeness (QED) is 0.419. The molecular formula is C25H16F4N2O3. The molecule has 0 amide bonds. The normalized spacial score (nSPS) is 11.4. The topological polar surface area (TPSA) is 75.2 Å². The Hall–Kier alpha value is -4.16. The summed E-state index contributed by atoms with van der Waals surface area (Å²) in [7, 11) is 1.48. The Bertz CT molecular complexity index is 1500. The highest BCUT2D eigenvalue weighted by Crippen LogP contribution is 2.36. The first-order valence-electron chi connectivity index (χ1n) is 9.92. The van der Waals surface area contributed by atoms with Crippen LogP contribution in [0.5, 0.6) is 5.75 Å². The van der Waals surface area contributed by atoms with Crippen LogP contribution in [0.2, 0.25) is 0 Å². The molecule has 0 aliphatic carbocycles. The number of aromatic nitrogens is 1. The van der Waals surface area contributed by atoms with E-state index in [-0.39, 0.29) is 27.5 Å². The molecule has 0 bridgehead atoms. The molecule has 0 aliphatic rings. The molecule has 0 spiro atoms. The Morgan fingerprint density at radius 2 is 1.79 bits per heavy atom. The van der Waals surface area contributed by atoms with Crippen molar-refractivity contribution in [3.63, 3.8) is 0 Å². The second-order valence-corrected chi connectivity index (χ2v) is 7.44. The minimum atomic E-state index is -4.87. The van der Waals surface area contributed by atoms with E-state index in [9.17, 15) is 32.7 Å². The zero-order valence-electron chi connectivity index (χ0n) is 17.7. The largest absolute Gasteiger partial charge is 0.497 e. The number of alkyl halides is 3. The maximum atomic E-state index is 14.4. The standard InChI is InChI=1S/C25H16F4N2O3/c1-34-18-5-3-17(4-6-18)31-12-20(15-2-7-21(22(26)10-15)25(27,28)29)19-9-14(13-32)8-16(11-30)23(19)24(31)33/h2-10,12,32H,13H2,1H3. The molecular weight excluding hydrogens is 452 g/mol. The lowest BCUT2D eigenvalue weighted by molar-refractivity contribution is -0.139. The molecule has 0 unspecified atom stereocenters. The van der Waals surface area contributed by atoms with Gasteiger partial charge in [0.1, 0.15) is 11.6 Å². The smallest absolute Gasteiger partial charge is 0.419 e. The molecule has 0 atom stereocenters. The molecule has 0 saturated carbocycles. The maximum Gasteiger partial charge on any atom is 0.419 e. The van der Waals surface area contributed by atoms with Crippen LogP contribution in [0.25, 0.3) is 27.6 Å². The van der Waals surface area contributed by atoms with E-state index in [0.29, 0.717) is 23.1 Å². The number of ether oxygens (including phenoxy) is 1. The number of nitriles is 1. The molecule has 1 heterocycles. The Labute approximate surface area is 190 Å². The van der Waals surface area contributed by atoms with Crippen LogP contribution in [0.3, 0.4) is 0 Å². The van der Waals surface area contributed by atoms with E-state index in [2.05, 4.69) is 0 Å². The summed E-state index contributed by atoms with van der Waals surface area (Å²) in [5.41, 5.74) is -1.00. The fourth-order valence-corrected chi connectivity index (χ4v) is 3.78. The molecule has 1 N–H and O–H groups in total. The Morgan fingerprint density at radius 3 is 2.35 bits per heavy atom. The van der Waals surface area contributed by atoms with Gasteiger partial charge in [-0.2, -0.15) is 18.4 Å². The van der Waals surface area contributed by atoms with Gasteiger partial charge in [-0.05, 0) is 65.0 Å². The minimum Gasteiger partial charge on any atom is -0.497 e. The summed E-state index contributed by atoms with van der Waals surface area (Å²) in [4.78, 5) is 13.4. The number of halogens is 4. The number of rotatable bonds is 4. The number of fused-ring (bicyclic) bond motifs is 1. The lowest BCUT2D eigenvalue weighted by Crippen LogP contribution is -2.19. The number of nitrogens with zero attached hydrogens (tertiary/aromatic N) is 2. The number of benzene rings is 3. The van der Waals surface area contributed by atoms with Crippen molar-refractivity contribution < 1.29 is 27.4 Å². The fraction of sp³-hybridized carbons (Fsp3) is 0.120. The molecule has 172 valence electrons. The van der Waals surface area contributed by atoms with E-state index in [1.807, 2.05) is 6.07 Å². The second kappa shape index (κ2) is 8.65. The third kappa shape index (κ3) is 4.00. The van der Waals surface area contributed by atoms with E-state index in [0.717, 1.165) is 12.1 Å². The van der Waals surface area contributed by atoms with Gasteiger partial charge in [-0.3, -0.25) is 9.36 Å². The molecule has 4 rings (SSSR count). The number of methoxy groups -OCH3 is 1. The van der Waals surface area contributed by atoms with Crippen molar-refractivity contribution in [2.75, 3.05) is 7.11 Å². The van der Waals surface area contributed by atoms with Gasteiger partial charge >= 0.3 is 6.18 Å². The molecule has 9 heteroatoms. The zero-order chi connectivity index (χ0) is 24.6. The van der Waals surface area contributed by atoms with Crippen LogP contribution in [0.4, 0.5) is 17.6 Å².